The van der Waals surface area contributed by atoms with E-state index < -0.39 is 9.84 Å². The highest BCUT2D eigenvalue weighted by Gasteiger charge is 2.27. The van der Waals surface area contributed by atoms with Gasteiger partial charge in [-0.1, -0.05) is 22.4 Å². The van der Waals surface area contributed by atoms with Gasteiger partial charge in [-0.2, -0.15) is 0 Å². The third-order valence-electron chi connectivity index (χ3n) is 3.55. The molecule has 0 saturated heterocycles. The normalized spacial score (nSPS) is 24.3. The van der Waals surface area contributed by atoms with Gasteiger partial charge >= 0.3 is 0 Å². The summed E-state index contributed by atoms with van der Waals surface area (Å²) in [5.74, 6) is 0.270. The lowest BCUT2D eigenvalue weighted by molar-refractivity contribution is 0.131. The molecule has 2 unspecified atom stereocenters. The van der Waals surface area contributed by atoms with Crippen LogP contribution in [0.25, 0.3) is 0 Å². The molecule has 1 aromatic carbocycles. The van der Waals surface area contributed by atoms with E-state index in [-0.39, 0.29) is 17.8 Å². The molecular weight excluding hydrogens is 316 g/mol. The van der Waals surface area contributed by atoms with Gasteiger partial charge in [-0.15, -0.1) is 0 Å². The van der Waals surface area contributed by atoms with Crippen LogP contribution in [0.15, 0.2) is 33.6 Å². The van der Waals surface area contributed by atoms with Crippen molar-refractivity contribution >= 4 is 25.8 Å². The van der Waals surface area contributed by atoms with Crippen LogP contribution < -0.4 is 0 Å². The molecule has 2 atom stereocenters. The number of aliphatic hydroxyl groups excluding tert-OH is 1. The van der Waals surface area contributed by atoms with Crippen LogP contribution in [0.5, 0.6) is 0 Å². The van der Waals surface area contributed by atoms with E-state index in [1.165, 1.54) is 0 Å². The van der Waals surface area contributed by atoms with E-state index in [1.807, 2.05) is 0 Å². The van der Waals surface area contributed by atoms with Crippen molar-refractivity contribution < 1.29 is 13.5 Å². The number of hydrogen-bond acceptors (Lipinski definition) is 3. The number of aliphatic hydroxyl groups is 1. The van der Waals surface area contributed by atoms with Crippen LogP contribution in [0.1, 0.15) is 25.7 Å². The highest BCUT2D eigenvalue weighted by molar-refractivity contribution is 9.10. The Labute approximate surface area is 116 Å². The maximum Gasteiger partial charge on any atom is 0.178 e. The molecule has 0 amide bonds. The highest BCUT2D eigenvalue weighted by atomic mass is 79.9. The average molecular weight is 333 g/mol. The van der Waals surface area contributed by atoms with Gasteiger partial charge in [0.2, 0.25) is 0 Å². The van der Waals surface area contributed by atoms with Gasteiger partial charge in [0, 0.05) is 4.47 Å². The second-order valence-corrected chi connectivity index (χ2v) is 7.84. The SMILES string of the molecule is O=S(=O)(CCC1CCCC1O)c1ccc(Br)cc1. The van der Waals surface area contributed by atoms with E-state index in [1.54, 1.807) is 24.3 Å². The minimum absolute atomic E-state index is 0.121. The maximum absolute atomic E-state index is 12.1. The molecule has 0 radical (unpaired) electrons. The van der Waals surface area contributed by atoms with E-state index in [4.69, 9.17) is 0 Å². The minimum Gasteiger partial charge on any atom is -0.393 e. The van der Waals surface area contributed by atoms with Crippen LogP contribution in [0.2, 0.25) is 0 Å². The van der Waals surface area contributed by atoms with Crippen molar-refractivity contribution in [3.8, 4) is 0 Å². The van der Waals surface area contributed by atoms with Crippen LogP contribution in [0.4, 0.5) is 0 Å². The fourth-order valence-corrected chi connectivity index (χ4v) is 4.08. The first-order chi connectivity index (χ1) is 8.49. The zero-order valence-corrected chi connectivity index (χ0v) is 12.5. The van der Waals surface area contributed by atoms with E-state index in [2.05, 4.69) is 15.9 Å². The minimum atomic E-state index is -3.22. The van der Waals surface area contributed by atoms with Gasteiger partial charge in [0.15, 0.2) is 9.84 Å². The van der Waals surface area contributed by atoms with Crippen LogP contribution in [0.3, 0.4) is 0 Å². The summed E-state index contributed by atoms with van der Waals surface area (Å²) in [6.45, 7) is 0. The number of hydrogen-bond donors (Lipinski definition) is 1. The molecule has 1 saturated carbocycles. The van der Waals surface area contributed by atoms with Crippen molar-refractivity contribution in [2.24, 2.45) is 5.92 Å². The van der Waals surface area contributed by atoms with Crippen molar-refractivity contribution in [1.29, 1.82) is 0 Å². The van der Waals surface area contributed by atoms with Crippen LogP contribution in [-0.4, -0.2) is 25.4 Å². The molecule has 3 nitrogen and oxygen atoms in total. The lowest BCUT2D eigenvalue weighted by Gasteiger charge is -2.14. The lowest BCUT2D eigenvalue weighted by atomic mass is 10.0. The van der Waals surface area contributed by atoms with Gasteiger partial charge in [-0.25, -0.2) is 8.42 Å². The fourth-order valence-electron chi connectivity index (χ4n) is 2.42. The molecule has 2 rings (SSSR count). The van der Waals surface area contributed by atoms with Gasteiger partial charge in [-0.3, -0.25) is 0 Å². The van der Waals surface area contributed by atoms with Crippen molar-refractivity contribution in [1.82, 2.24) is 0 Å². The highest BCUT2D eigenvalue weighted by Crippen LogP contribution is 2.29. The first-order valence-electron chi connectivity index (χ1n) is 6.15. The van der Waals surface area contributed by atoms with Gasteiger partial charge in [0.05, 0.1) is 16.8 Å². The third kappa shape index (κ3) is 3.33. The third-order valence-corrected chi connectivity index (χ3v) is 5.84. The molecule has 0 spiro atoms. The first kappa shape index (κ1) is 14.0. The number of benzene rings is 1. The molecule has 1 aliphatic rings. The Bertz CT molecular complexity index is 495. The molecular formula is C13H17BrO3S. The second-order valence-electron chi connectivity index (χ2n) is 4.82. The molecule has 0 aromatic heterocycles. The Hall–Kier alpha value is -0.390. The predicted molar refractivity (Wildman–Crippen MR) is 74.2 cm³/mol. The number of sulfone groups is 1. The van der Waals surface area contributed by atoms with Crippen molar-refractivity contribution in [3.05, 3.63) is 28.7 Å². The largest absolute Gasteiger partial charge is 0.393 e. The van der Waals surface area contributed by atoms with Gasteiger partial charge in [0.25, 0.3) is 0 Å². The summed E-state index contributed by atoms with van der Waals surface area (Å²) in [6, 6.07) is 6.70. The summed E-state index contributed by atoms with van der Waals surface area (Å²) in [7, 11) is -3.22. The van der Waals surface area contributed by atoms with Crippen molar-refractivity contribution in [2.45, 2.75) is 36.7 Å². The summed E-state index contributed by atoms with van der Waals surface area (Å²) in [5.41, 5.74) is 0. The molecule has 5 heteroatoms. The summed E-state index contributed by atoms with van der Waals surface area (Å²) >= 11 is 3.29. The second kappa shape index (κ2) is 5.72. The van der Waals surface area contributed by atoms with Crippen molar-refractivity contribution in [3.63, 3.8) is 0 Å². The summed E-state index contributed by atoms with van der Waals surface area (Å²) in [6.07, 6.45) is 2.99. The maximum atomic E-state index is 12.1. The Kier molecular flexibility index (Phi) is 4.45. The zero-order valence-electron chi connectivity index (χ0n) is 10.0. The fraction of sp³-hybridized carbons (Fsp3) is 0.538. The molecule has 0 aliphatic heterocycles. The lowest BCUT2D eigenvalue weighted by Crippen LogP contribution is -2.17. The smallest absolute Gasteiger partial charge is 0.178 e. The van der Waals surface area contributed by atoms with Crippen molar-refractivity contribution in [2.75, 3.05) is 5.75 Å². The first-order valence-corrected chi connectivity index (χ1v) is 8.60. The quantitative estimate of drug-likeness (QED) is 0.922. The number of rotatable bonds is 4. The Balaban J connectivity index is 2.01. The van der Waals surface area contributed by atoms with Gasteiger partial charge < -0.3 is 5.11 Å². The molecule has 100 valence electrons. The topological polar surface area (TPSA) is 54.4 Å². The van der Waals surface area contributed by atoms with Gasteiger partial charge in [0.1, 0.15) is 0 Å². The van der Waals surface area contributed by atoms with E-state index in [0.717, 1.165) is 23.7 Å². The molecule has 1 N–H and O–H groups in total. The summed E-state index contributed by atoms with van der Waals surface area (Å²) in [5, 5.41) is 9.69. The van der Waals surface area contributed by atoms with E-state index in [0.29, 0.717) is 11.3 Å². The standard InChI is InChI=1S/C13H17BrO3S/c14-11-4-6-12(7-5-11)18(16,17)9-8-10-2-1-3-13(10)15/h4-7,10,13,15H,1-3,8-9H2. The Morgan fingerprint density at radius 1 is 1.22 bits per heavy atom. The predicted octanol–water partition coefficient (Wildman–Crippen LogP) is 2.77. The molecule has 1 aliphatic carbocycles. The molecule has 1 fully saturated rings. The van der Waals surface area contributed by atoms with E-state index in [9.17, 15) is 13.5 Å². The average Bonchev–Trinajstić information content (AvgIpc) is 2.73. The molecule has 1 aromatic rings. The van der Waals surface area contributed by atoms with Crippen LogP contribution in [0, 0.1) is 5.92 Å². The zero-order chi connectivity index (χ0) is 13.2. The monoisotopic (exact) mass is 332 g/mol. The van der Waals surface area contributed by atoms with E-state index >= 15 is 0 Å². The molecule has 18 heavy (non-hydrogen) atoms. The van der Waals surface area contributed by atoms with Gasteiger partial charge in [-0.05, 0) is 49.4 Å². The summed E-state index contributed by atoms with van der Waals surface area (Å²) < 4.78 is 25.1. The number of halogens is 1. The molecule has 0 bridgehead atoms. The molecule has 0 heterocycles. The summed E-state index contributed by atoms with van der Waals surface area (Å²) in [4.78, 5) is 0.359. The van der Waals surface area contributed by atoms with Crippen LogP contribution >= 0.6 is 15.9 Å². The van der Waals surface area contributed by atoms with Crippen LogP contribution in [-0.2, 0) is 9.84 Å². The Morgan fingerprint density at radius 2 is 1.89 bits per heavy atom. The Morgan fingerprint density at radius 3 is 2.44 bits per heavy atom.